The summed E-state index contributed by atoms with van der Waals surface area (Å²) in [7, 11) is 1.60. The Kier molecular flexibility index (Phi) is 4.80. The number of aryl methyl sites for hydroxylation is 1. The van der Waals surface area contributed by atoms with Crippen molar-refractivity contribution in [1.82, 2.24) is 14.8 Å². The first-order valence-corrected chi connectivity index (χ1v) is 6.94. The maximum absolute atomic E-state index is 10.7. The number of carbonyl (C=O) groups is 1. The number of aromatic nitrogens is 3. The Morgan fingerprint density at radius 1 is 1.50 bits per heavy atom. The van der Waals surface area contributed by atoms with E-state index in [1.165, 1.54) is 0 Å². The van der Waals surface area contributed by atoms with Crippen LogP contribution in [-0.4, -0.2) is 45.3 Å². The molecule has 0 unspecified atom stereocenters. The average Bonchev–Trinajstić information content (AvgIpc) is 2.99. The van der Waals surface area contributed by atoms with Gasteiger partial charge in [0, 0.05) is 7.11 Å². The molecule has 2 heterocycles. The summed E-state index contributed by atoms with van der Waals surface area (Å²) in [6.45, 7) is 2.85. The number of ether oxygens (including phenoxy) is 1. The number of thioether (sulfide) groups is 1. The third-order valence-corrected chi connectivity index (χ3v) is 3.47. The van der Waals surface area contributed by atoms with Gasteiger partial charge in [-0.15, -0.1) is 10.2 Å². The van der Waals surface area contributed by atoms with Crippen LogP contribution in [0.4, 0.5) is 0 Å². The lowest BCUT2D eigenvalue weighted by Gasteiger charge is -2.07. The van der Waals surface area contributed by atoms with Crippen LogP contribution in [0.3, 0.4) is 0 Å². The van der Waals surface area contributed by atoms with Crippen molar-refractivity contribution >= 4 is 17.7 Å². The van der Waals surface area contributed by atoms with Gasteiger partial charge in [-0.2, -0.15) is 0 Å². The first-order chi connectivity index (χ1) is 9.61. The second-order valence-corrected chi connectivity index (χ2v) is 4.99. The Morgan fingerprint density at radius 3 is 2.90 bits per heavy atom. The summed E-state index contributed by atoms with van der Waals surface area (Å²) in [4.78, 5) is 10.7. The van der Waals surface area contributed by atoms with Crippen LogP contribution in [0.2, 0.25) is 0 Å². The monoisotopic (exact) mass is 297 g/mol. The first-order valence-electron chi connectivity index (χ1n) is 5.95. The van der Waals surface area contributed by atoms with Gasteiger partial charge in [0.1, 0.15) is 5.76 Å². The number of aliphatic carboxylic acids is 1. The van der Waals surface area contributed by atoms with Crippen molar-refractivity contribution < 1.29 is 19.1 Å². The Morgan fingerprint density at radius 2 is 2.30 bits per heavy atom. The summed E-state index contributed by atoms with van der Waals surface area (Å²) in [6.07, 6.45) is 0. The molecule has 0 atom stereocenters. The molecule has 0 aliphatic heterocycles. The molecule has 0 radical (unpaired) electrons. The standard InChI is InChI=1S/C12H15N3O4S/c1-8-3-4-9(19-8)11-13-14-12(20-7-10(16)17)15(11)5-6-18-2/h3-4H,5-7H2,1-2H3,(H,16,17). The highest BCUT2D eigenvalue weighted by Gasteiger charge is 2.17. The number of hydrogen-bond donors (Lipinski definition) is 1. The van der Waals surface area contributed by atoms with E-state index >= 15 is 0 Å². The summed E-state index contributed by atoms with van der Waals surface area (Å²) < 4.78 is 12.4. The van der Waals surface area contributed by atoms with E-state index in [0.717, 1.165) is 17.5 Å². The van der Waals surface area contributed by atoms with Gasteiger partial charge in [-0.05, 0) is 19.1 Å². The van der Waals surface area contributed by atoms with Gasteiger partial charge in [0.15, 0.2) is 10.9 Å². The van der Waals surface area contributed by atoms with Crippen LogP contribution in [0, 0.1) is 6.92 Å². The number of rotatable bonds is 7. The molecular formula is C12H15N3O4S. The molecule has 0 fully saturated rings. The first kappa shape index (κ1) is 14.6. The van der Waals surface area contributed by atoms with Crippen molar-refractivity contribution in [3.63, 3.8) is 0 Å². The fraction of sp³-hybridized carbons (Fsp3) is 0.417. The normalized spacial score (nSPS) is 10.9. The minimum absolute atomic E-state index is 0.0672. The fourth-order valence-electron chi connectivity index (χ4n) is 1.64. The van der Waals surface area contributed by atoms with E-state index in [2.05, 4.69) is 10.2 Å². The number of nitrogens with zero attached hydrogens (tertiary/aromatic N) is 3. The molecule has 7 nitrogen and oxygen atoms in total. The van der Waals surface area contributed by atoms with Crippen LogP contribution in [0.5, 0.6) is 0 Å². The van der Waals surface area contributed by atoms with Gasteiger partial charge in [-0.25, -0.2) is 0 Å². The van der Waals surface area contributed by atoms with E-state index in [1.807, 2.05) is 19.1 Å². The van der Waals surface area contributed by atoms with Crippen molar-refractivity contribution in [2.75, 3.05) is 19.5 Å². The van der Waals surface area contributed by atoms with E-state index in [0.29, 0.717) is 29.9 Å². The number of carboxylic acids is 1. The minimum atomic E-state index is -0.897. The molecule has 0 bridgehead atoms. The third kappa shape index (κ3) is 3.40. The molecular weight excluding hydrogens is 282 g/mol. The van der Waals surface area contributed by atoms with Gasteiger partial charge < -0.3 is 14.3 Å². The zero-order chi connectivity index (χ0) is 14.5. The molecule has 8 heteroatoms. The summed E-state index contributed by atoms with van der Waals surface area (Å²) in [5.41, 5.74) is 0. The molecule has 108 valence electrons. The number of furan rings is 1. The van der Waals surface area contributed by atoms with Crippen LogP contribution in [-0.2, 0) is 16.1 Å². The van der Waals surface area contributed by atoms with Gasteiger partial charge >= 0.3 is 5.97 Å². The molecule has 1 N–H and O–H groups in total. The van der Waals surface area contributed by atoms with Crippen molar-refractivity contribution in [3.05, 3.63) is 17.9 Å². The third-order valence-electron chi connectivity index (χ3n) is 2.52. The molecule has 2 aromatic rings. The highest BCUT2D eigenvalue weighted by molar-refractivity contribution is 7.99. The Bertz CT molecular complexity index is 593. The predicted octanol–water partition coefficient (Wildman–Crippen LogP) is 1.67. The predicted molar refractivity (Wildman–Crippen MR) is 72.7 cm³/mol. The molecule has 0 aliphatic carbocycles. The summed E-state index contributed by atoms with van der Waals surface area (Å²) in [6, 6.07) is 3.66. The average molecular weight is 297 g/mol. The van der Waals surface area contributed by atoms with Crippen LogP contribution in [0.15, 0.2) is 21.7 Å². The molecule has 2 rings (SSSR count). The van der Waals surface area contributed by atoms with Gasteiger partial charge in [0.2, 0.25) is 5.82 Å². The van der Waals surface area contributed by atoms with Crippen LogP contribution < -0.4 is 0 Å². The van der Waals surface area contributed by atoms with Crippen molar-refractivity contribution in [2.45, 2.75) is 18.6 Å². The zero-order valence-electron chi connectivity index (χ0n) is 11.2. The smallest absolute Gasteiger partial charge is 0.313 e. The largest absolute Gasteiger partial charge is 0.481 e. The maximum Gasteiger partial charge on any atom is 0.313 e. The minimum Gasteiger partial charge on any atom is -0.481 e. The molecule has 0 amide bonds. The SMILES string of the molecule is COCCn1c(SCC(=O)O)nnc1-c1ccc(C)o1. The Labute approximate surface area is 119 Å². The quantitative estimate of drug-likeness (QED) is 0.777. The van der Waals surface area contributed by atoms with E-state index in [4.69, 9.17) is 14.3 Å². The summed E-state index contributed by atoms with van der Waals surface area (Å²) in [5.74, 6) is 0.992. The van der Waals surface area contributed by atoms with Crippen molar-refractivity contribution in [3.8, 4) is 11.6 Å². The zero-order valence-corrected chi connectivity index (χ0v) is 12.0. The molecule has 0 aromatic carbocycles. The number of hydrogen-bond acceptors (Lipinski definition) is 6. The van der Waals surface area contributed by atoms with E-state index in [-0.39, 0.29) is 5.75 Å². The summed E-state index contributed by atoms with van der Waals surface area (Å²) >= 11 is 1.12. The lowest BCUT2D eigenvalue weighted by atomic mass is 10.4. The van der Waals surface area contributed by atoms with Crippen molar-refractivity contribution in [1.29, 1.82) is 0 Å². The lowest BCUT2D eigenvalue weighted by molar-refractivity contribution is -0.133. The Hall–Kier alpha value is -1.80. The van der Waals surface area contributed by atoms with Gasteiger partial charge in [-0.1, -0.05) is 11.8 Å². The molecule has 20 heavy (non-hydrogen) atoms. The number of carboxylic acid groups (broad SMARTS) is 1. The molecule has 2 aromatic heterocycles. The molecule has 0 aliphatic rings. The van der Waals surface area contributed by atoms with E-state index < -0.39 is 5.97 Å². The topological polar surface area (TPSA) is 90.4 Å². The van der Waals surface area contributed by atoms with Crippen LogP contribution >= 0.6 is 11.8 Å². The van der Waals surface area contributed by atoms with Gasteiger partial charge in [-0.3, -0.25) is 9.36 Å². The number of methoxy groups -OCH3 is 1. The highest BCUT2D eigenvalue weighted by atomic mass is 32.2. The molecule has 0 saturated heterocycles. The molecule has 0 saturated carbocycles. The second kappa shape index (κ2) is 6.58. The fourth-order valence-corrected chi connectivity index (χ4v) is 2.33. The van der Waals surface area contributed by atoms with Gasteiger partial charge in [0.05, 0.1) is 18.9 Å². The maximum atomic E-state index is 10.7. The lowest BCUT2D eigenvalue weighted by Crippen LogP contribution is -2.08. The van der Waals surface area contributed by atoms with E-state index in [9.17, 15) is 4.79 Å². The Balaban J connectivity index is 2.28. The van der Waals surface area contributed by atoms with Gasteiger partial charge in [0.25, 0.3) is 0 Å². The summed E-state index contributed by atoms with van der Waals surface area (Å²) in [5, 5.41) is 17.4. The molecule has 0 spiro atoms. The van der Waals surface area contributed by atoms with Crippen LogP contribution in [0.25, 0.3) is 11.6 Å². The van der Waals surface area contributed by atoms with Crippen LogP contribution in [0.1, 0.15) is 5.76 Å². The van der Waals surface area contributed by atoms with E-state index in [1.54, 1.807) is 11.7 Å². The second-order valence-electron chi connectivity index (χ2n) is 4.04. The highest BCUT2D eigenvalue weighted by Crippen LogP contribution is 2.25. The van der Waals surface area contributed by atoms with Crippen molar-refractivity contribution in [2.24, 2.45) is 0 Å².